The molecule has 0 radical (unpaired) electrons. The van der Waals surface area contributed by atoms with Gasteiger partial charge in [-0.25, -0.2) is 4.79 Å². The average Bonchev–Trinajstić information content (AvgIpc) is 3.22. The molecule has 0 aliphatic heterocycles. The van der Waals surface area contributed by atoms with Crippen molar-refractivity contribution in [3.63, 3.8) is 0 Å². The number of nitrogens with zero attached hydrogens (tertiary/aromatic N) is 1. The highest BCUT2D eigenvalue weighted by molar-refractivity contribution is 6.33. The number of unbranched alkanes of at least 4 members (excludes halogenated alkanes) is 1. The molecule has 1 saturated carbocycles. The lowest BCUT2D eigenvalue weighted by molar-refractivity contribution is 0.204. The number of halogens is 1. The van der Waals surface area contributed by atoms with Gasteiger partial charge in [-0.05, 0) is 37.8 Å². The lowest BCUT2D eigenvalue weighted by Gasteiger charge is -2.23. The van der Waals surface area contributed by atoms with Gasteiger partial charge in [0.15, 0.2) is 0 Å². The second-order valence-electron chi connectivity index (χ2n) is 4.77. The SMILES string of the molecule is O=C(Nc1ccccc1Cl)N(CCCCO)C1CC1. The Morgan fingerprint density at radius 2 is 2.11 bits per heavy atom. The van der Waals surface area contributed by atoms with Crippen LogP contribution in [0.2, 0.25) is 5.02 Å². The largest absolute Gasteiger partial charge is 0.396 e. The van der Waals surface area contributed by atoms with Crippen molar-refractivity contribution in [1.29, 1.82) is 0 Å². The van der Waals surface area contributed by atoms with Gasteiger partial charge >= 0.3 is 6.03 Å². The highest BCUT2D eigenvalue weighted by Gasteiger charge is 2.32. The number of benzene rings is 1. The van der Waals surface area contributed by atoms with Gasteiger partial charge in [-0.1, -0.05) is 23.7 Å². The van der Waals surface area contributed by atoms with Gasteiger partial charge in [0.25, 0.3) is 0 Å². The molecule has 0 unspecified atom stereocenters. The third-order valence-electron chi connectivity index (χ3n) is 3.17. The van der Waals surface area contributed by atoms with Gasteiger partial charge in [-0.3, -0.25) is 0 Å². The van der Waals surface area contributed by atoms with Gasteiger partial charge in [0.1, 0.15) is 0 Å². The molecule has 2 amide bonds. The number of carbonyl (C=O) groups is 1. The van der Waals surface area contributed by atoms with E-state index in [1.54, 1.807) is 12.1 Å². The molecular formula is C14H19ClN2O2. The van der Waals surface area contributed by atoms with Crippen molar-refractivity contribution in [2.24, 2.45) is 0 Å². The maximum atomic E-state index is 12.2. The minimum atomic E-state index is -0.103. The van der Waals surface area contributed by atoms with E-state index in [0.717, 1.165) is 25.7 Å². The molecule has 1 aromatic carbocycles. The number of amides is 2. The van der Waals surface area contributed by atoms with E-state index in [0.29, 0.717) is 23.3 Å². The Morgan fingerprint density at radius 3 is 2.74 bits per heavy atom. The van der Waals surface area contributed by atoms with Crippen LogP contribution in [-0.4, -0.2) is 35.2 Å². The van der Waals surface area contributed by atoms with Crippen LogP contribution in [0, 0.1) is 0 Å². The van der Waals surface area contributed by atoms with Crippen molar-refractivity contribution in [3.8, 4) is 0 Å². The fourth-order valence-corrected chi connectivity index (χ4v) is 2.16. The number of hydrogen-bond acceptors (Lipinski definition) is 2. The van der Waals surface area contributed by atoms with Crippen LogP contribution in [0.5, 0.6) is 0 Å². The number of rotatable bonds is 6. The van der Waals surface area contributed by atoms with Gasteiger partial charge < -0.3 is 15.3 Å². The molecule has 1 aliphatic rings. The number of carbonyl (C=O) groups excluding carboxylic acids is 1. The third-order valence-corrected chi connectivity index (χ3v) is 3.50. The highest BCUT2D eigenvalue weighted by Crippen LogP contribution is 2.28. The summed E-state index contributed by atoms with van der Waals surface area (Å²) in [5, 5.41) is 12.2. The molecule has 5 heteroatoms. The maximum absolute atomic E-state index is 12.2. The quantitative estimate of drug-likeness (QED) is 0.788. The normalized spacial score (nSPS) is 14.2. The van der Waals surface area contributed by atoms with Gasteiger partial charge in [0.2, 0.25) is 0 Å². The number of nitrogens with one attached hydrogen (secondary N) is 1. The average molecular weight is 283 g/mol. The molecule has 1 fully saturated rings. The Balaban J connectivity index is 1.94. The number of urea groups is 1. The zero-order valence-corrected chi connectivity index (χ0v) is 11.6. The maximum Gasteiger partial charge on any atom is 0.322 e. The van der Waals surface area contributed by atoms with Crippen LogP contribution in [0.3, 0.4) is 0 Å². The fourth-order valence-electron chi connectivity index (χ4n) is 1.98. The molecule has 1 aromatic rings. The van der Waals surface area contributed by atoms with E-state index in [-0.39, 0.29) is 12.6 Å². The Hall–Kier alpha value is -1.26. The first-order chi connectivity index (χ1) is 9.22. The number of aliphatic hydroxyl groups excluding tert-OH is 1. The Morgan fingerprint density at radius 1 is 1.37 bits per heavy atom. The van der Waals surface area contributed by atoms with E-state index in [4.69, 9.17) is 16.7 Å². The van der Waals surface area contributed by atoms with Crippen LogP contribution in [-0.2, 0) is 0 Å². The van der Waals surface area contributed by atoms with Crippen molar-refractivity contribution in [3.05, 3.63) is 29.3 Å². The van der Waals surface area contributed by atoms with Gasteiger partial charge in [0.05, 0.1) is 10.7 Å². The Bertz CT molecular complexity index is 435. The summed E-state index contributed by atoms with van der Waals surface area (Å²) in [4.78, 5) is 14.1. The fraction of sp³-hybridized carbons (Fsp3) is 0.500. The third kappa shape index (κ3) is 4.11. The predicted molar refractivity (Wildman–Crippen MR) is 76.5 cm³/mol. The van der Waals surface area contributed by atoms with Crippen LogP contribution in [0.25, 0.3) is 0 Å². The molecule has 0 atom stereocenters. The smallest absolute Gasteiger partial charge is 0.322 e. The molecule has 0 spiro atoms. The summed E-state index contributed by atoms with van der Waals surface area (Å²) in [5.74, 6) is 0. The first-order valence-corrected chi connectivity index (χ1v) is 7.03. The van der Waals surface area contributed by atoms with E-state index >= 15 is 0 Å². The summed E-state index contributed by atoms with van der Waals surface area (Å²) >= 11 is 6.03. The molecule has 0 saturated heterocycles. The summed E-state index contributed by atoms with van der Waals surface area (Å²) in [6, 6.07) is 7.46. The monoisotopic (exact) mass is 282 g/mol. The molecule has 2 N–H and O–H groups in total. The summed E-state index contributed by atoms with van der Waals surface area (Å²) in [6.07, 6.45) is 3.68. The molecule has 19 heavy (non-hydrogen) atoms. The topological polar surface area (TPSA) is 52.6 Å². The molecule has 104 valence electrons. The van der Waals surface area contributed by atoms with E-state index in [9.17, 15) is 4.79 Å². The van der Waals surface area contributed by atoms with Crippen molar-refractivity contribution < 1.29 is 9.90 Å². The van der Waals surface area contributed by atoms with E-state index in [1.165, 1.54) is 0 Å². The second-order valence-corrected chi connectivity index (χ2v) is 5.17. The summed E-state index contributed by atoms with van der Waals surface area (Å²) in [6.45, 7) is 0.853. The standard InChI is InChI=1S/C14H19ClN2O2/c15-12-5-1-2-6-13(12)16-14(19)17(11-7-8-11)9-3-4-10-18/h1-2,5-6,11,18H,3-4,7-10H2,(H,16,19). The molecule has 0 bridgehead atoms. The molecule has 2 rings (SSSR count). The molecule has 4 nitrogen and oxygen atoms in total. The highest BCUT2D eigenvalue weighted by atomic mass is 35.5. The Kier molecular flexibility index (Phi) is 5.05. The number of aliphatic hydroxyl groups is 1. The summed E-state index contributed by atoms with van der Waals surface area (Å²) in [5.41, 5.74) is 0.641. The lowest BCUT2D eigenvalue weighted by Crippen LogP contribution is -2.37. The van der Waals surface area contributed by atoms with Gasteiger partial charge in [-0.2, -0.15) is 0 Å². The van der Waals surface area contributed by atoms with Crippen LogP contribution >= 0.6 is 11.6 Å². The molecule has 0 heterocycles. The van der Waals surface area contributed by atoms with E-state index < -0.39 is 0 Å². The summed E-state index contributed by atoms with van der Waals surface area (Å²) < 4.78 is 0. The minimum Gasteiger partial charge on any atom is -0.396 e. The van der Waals surface area contributed by atoms with Crippen molar-refractivity contribution in [2.45, 2.75) is 31.7 Å². The van der Waals surface area contributed by atoms with Crippen LogP contribution < -0.4 is 5.32 Å². The van der Waals surface area contributed by atoms with E-state index in [2.05, 4.69) is 5.32 Å². The van der Waals surface area contributed by atoms with Crippen LogP contribution in [0.4, 0.5) is 10.5 Å². The first-order valence-electron chi connectivity index (χ1n) is 6.65. The number of hydrogen-bond donors (Lipinski definition) is 2. The van der Waals surface area contributed by atoms with Crippen molar-refractivity contribution in [2.75, 3.05) is 18.5 Å². The van der Waals surface area contributed by atoms with Crippen molar-refractivity contribution in [1.82, 2.24) is 4.90 Å². The number of para-hydroxylation sites is 1. The number of anilines is 1. The van der Waals surface area contributed by atoms with Gasteiger partial charge in [-0.15, -0.1) is 0 Å². The Labute approximate surface area is 118 Å². The van der Waals surface area contributed by atoms with Crippen LogP contribution in [0.15, 0.2) is 24.3 Å². The molecular weight excluding hydrogens is 264 g/mol. The van der Waals surface area contributed by atoms with Crippen LogP contribution in [0.1, 0.15) is 25.7 Å². The van der Waals surface area contributed by atoms with Gasteiger partial charge in [0, 0.05) is 19.2 Å². The summed E-state index contributed by atoms with van der Waals surface area (Å²) in [7, 11) is 0. The zero-order valence-electron chi connectivity index (χ0n) is 10.8. The molecule has 0 aromatic heterocycles. The van der Waals surface area contributed by atoms with E-state index in [1.807, 2.05) is 17.0 Å². The van der Waals surface area contributed by atoms with Crippen molar-refractivity contribution >= 4 is 23.3 Å². The molecule has 1 aliphatic carbocycles. The first kappa shape index (κ1) is 14.2. The zero-order chi connectivity index (χ0) is 13.7. The minimum absolute atomic E-state index is 0.103. The lowest BCUT2D eigenvalue weighted by atomic mass is 10.3. The second kappa shape index (κ2) is 6.78. The predicted octanol–water partition coefficient (Wildman–Crippen LogP) is 3.11.